The Morgan fingerprint density at radius 1 is 1.35 bits per heavy atom. The summed E-state index contributed by atoms with van der Waals surface area (Å²) >= 11 is 0. The highest BCUT2D eigenvalue weighted by Crippen LogP contribution is 2.34. The van der Waals surface area contributed by atoms with E-state index in [-0.39, 0.29) is 17.9 Å². The van der Waals surface area contributed by atoms with Crippen molar-refractivity contribution in [3.05, 3.63) is 35.4 Å². The minimum absolute atomic E-state index is 0.0504. The first-order chi connectivity index (χ1) is 9.58. The van der Waals surface area contributed by atoms with Crippen LogP contribution in [0.5, 0.6) is 0 Å². The van der Waals surface area contributed by atoms with Gasteiger partial charge in [0.1, 0.15) is 0 Å². The lowest BCUT2D eigenvalue weighted by Crippen LogP contribution is -2.45. The fraction of sp³-hybridized carbons (Fsp3) is 0.562. The molecule has 1 heterocycles. The lowest BCUT2D eigenvalue weighted by molar-refractivity contribution is -0.132. The zero-order chi connectivity index (χ0) is 14.6. The van der Waals surface area contributed by atoms with Gasteiger partial charge >= 0.3 is 0 Å². The number of carbonyl (C=O) groups is 1. The monoisotopic (exact) mass is 276 g/mol. The number of aliphatic hydroxyl groups excluding tert-OH is 1. The first-order valence-electron chi connectivity index (χ1n) is 7.26. The molecule has 4 nitrogen and oxygen atoms in total. The molecule has 0 bridgehead atoms. The van der Waals surface area contributed by atoms with Gasteiger partial charge in [-0.25, -0.2) is 0 Å². The highest BCUT2D eigenvalue weighted by Gasteiger charge is 2.43. The number of carbonyl (C=O) groups excluding carboxylic acids is 1. The minimum atomic E-state index is -0.273. The van der Waals surface area contributed by atoms with Crippen LogP contribution in [0, 0.1) is 11.3 Å². The van der Waals surface area contributed by atoms with Gasteiger partial charge in [0.25, 0.3) is 0 Å². The van der Waals surface area contributed by atoms with Gasteiger partial charge in [0.15, 0.2) is 0 Å². The van der Waals surface area contributed by atoms with Gasteiger partial charge < -0.3 is 15.7 Å². The second-order valence-corrected chi connectivity index (χ2v) is 5.89. The number of hydrogen-bond donors (Lipinski definition) is 3. The van der Waals surface area contributed by atoms with Crippen LogP contribution in [0.2, 0.25) is 0 Å². The molecule has 0 aliphatic carbocycles. The van der Waals surface area contributed by atoms with Crippen molar-refractivity contribution in [2.24, 2.45) is 11.3 Å². The molecule has 1 atom stereocenters. The SMILES string of the molecule is CC(C)C1(C(=O)NCc2ccc(CO)cc2)CCNC1. The average Bonchev–Trinajstić information content (AvgIpc) is 2.96. The summed E-state index contributed by atoms with van der Waals surface area (Å²) in [5, 5.41) is 15.4. The summed E-state index contributed by atoms with van der Waals surface area (Å²) in [7, 11) is 0. The predicted octanol–water partition coefficient (Wildman–Crippen LogP) is 1.43. The van der Waals surface area contributed by atoms with E-state index in [1.165, 1.54) is 0 Å². The van der Waals surface area contributed by atoms with E-state index in [1.54, 1.807) is 0 Å². The van der Waals surface area contributed by atoms with Crippen molar-refractivity contribution < 1.29 is 9.90 Å². The van der Waals surface area contributed by atoms with Crippen molar-refractivity contribution in [3.63, 3.8) is 0 Å². The van der Waals surface area contributed by atoms with Crippen LogP contribution in [-0.2, 0) is 17.9 Å². The molecule has 0 aromatic heterocycles. The van der Waals surface area contributed by atoms with Crippen LogP contribution < -0.4 is 10.6 Å². The van der Waals surface area contributed by atoms with Crippen molar-refractivity contribution in [1.29, 1.82) is 0 Å². The number of benzene rings is 1. The topological polar surface area (TPSA) is 61.4 Å². The van der Waals surface area contributed by atoms with E-state index < -0.39 is 0 Å². The Kier molecular flexibility index (Phi) is 4.78. The van der Waals surface area contributed by atoms with Crippen LogP contribution >= 0.6 is 0 Å². The van der Waals surface area contributed by atoms with E-state index in [1.807, 2.05) is 24.3 Å². The third-order valence-electron chi connectivity index (χ3n) is 4.40. The second-order valence-electron chi connectivity index (χ2n) is 5.89. The molecular formula is C16H24N2O2. The van der Waals surface area contributed by atoms with Gasteiger partial charge in [-0.05, 0) is 30.0 Å². The van der Waals surface area contributed by atoms with E-state index >= 15 is 0 Å². The van der Waals surface area contributed by atoms with Gasteiger partial charge in [0, 0.05) is 13.1 Å². The molecule has 2 rings (SSSR count). The highest BCUT2D eigenvalue weighted by atomic mass is 16.3. The van der Waals surface area contributed by atoms with Gasteiger partial charge in [-0.15, -0.1) is 0 Å². The third kappa shape index (κ3) is 3.02. The van der Waals surface area contributed by atoms with Gasteiger partial charge in [-0.1, -0.05) is 38.1 Å². The van der Waals surface area contributed by atoms with Gasteiger partial charge in [-0.3, -0.25) is 4.79 Å². The predicted molar refractivity (Wildman–Crippen MR) is 79.0 cm³/mol. The summed E-state index contributed by atoms with van der Waals surface area (Å²) in [4.78, 5) is 12.5. The van der Waals surface area contributed by atoms with Crippen molar-refractivity contribution in [2.75, 3.05) is 13.1 Å². The molecule has 1 aromatic carbocycles. The molecule has 3 N–H and O–H groups in total. The van der Waals surface area contributed by atoms with E-state index in [0.717, 1.165) is 30.6 Å². The van der Waals surface area contributed by atoms with Crippen LogP contribution in [-0.4, -0.2) is 24.1 Å². The number of hydrogen-bond acceptors (Lipinski definition) is 3. The molecular weight excluding hydrogens is 252 g/mol. The summed E-state index contributed by atoms with van der Waals surface area (Å²) in [6.07, 6.45) is 0.903. The van der Waals surface area contributed by atoms with Crippen LogP contribution in [0.3, 0.4) is 0 Å². The van der Waals surface area contributed by atoms with Crippen molar-refractivity contribution >= 4 is 5.91 Å². The number of aliphatic hydroxyl groups is 1. The Bertz CT molecular complexity index is 448. The van der Waals surface area contributed by atoms with Gasteiger partial charge in [-0.2, -0.15) is 0 Å². The average molecular weight is 276 g/mol. The summed E-state index contributed by atoms with van der Waals surface area (Å²) in [5.74, 6) is 0.470. The molecule has 0 spiro atoms. The standard InChI is InChI=1S/C16H24N2O2/c1-12(2)16(7-8-17-11-16)15(20)18-9-13-3-5-14(10-19)6-4-13/h3-6,12,17,19H,7-11H2,1-2H3,(H,18,20). The second kappa shape index (κ2) is 6.37. The lowest BCUT2D eigenvalue weighted by atomic mass is 9.75. The van der Waals surface area contributed by atoms with E-state index in [0.29, 0.717) is 12.5 Å². The Balaban J connectivity index is 1.96. The van der Waals surface area contributed by atoms with Crippen LogP contribution in [0.15, 0.2) is 24.3 Å². The Morgan fingerprint density at radius 3 is 2.50 bits per heavy atom. The Morgan fingerprint density at radius 2 is 2.00 bits per heavy atom. The largest absolute Gasteiger partial charge is 0.392 e. The Labute approximate surface area is 120 Å². The summed E-state index contributed by atoms with van der Waals surface area (Å²) in [5.41, 5.74) is 1.67. The van der Waals surface area contributed by atoms with Crippen LogP contribution in [0.1, 0.15) is 31.4 Å². The summed E-state index contributed by atoms with van der Waals surface area (Å²) in [6, 6.07) is 7.66. The van der Waals surface area contributed by atoms with Crippen molar-refractivity contribution in [2.45, 2.75) is 33.4 Å². The smallest absolute Gasteiger partial charge is 0.228 e. The molecule has 20 heavy (non-hydrogen) atoms. The molecule has 1 aliphatic rings. The molecule has 1 aromatic rings. The third-order valence-corrected chi connectivity index (χ3v) is 4.40. The van der Waals surface area contributed by atoms with Gasteiger partial charge in [0.2, 0.25) is 5.91 Å². The van der Waals surface area contributed by atoms with Crippen LogP contribution in [0.4, 0.5) is 0 Å². The molecule has 1 unspecified atom stereocenters. The summed E-state index contributed by atoms with van der Waals surface area (Å²) in [6.45, 7) is 6.50. The number of amides is 1. The first-order valence-corrected chi connectivity index (χ1v) is 7.26. The van der Waals surface area contributed by atoms with E-state index in [2.05, 4.69) is 24.5 Å². The molecule has 1 fully saturated rings. The molecule has 1 amide bonds. The number of rotatable bonds is 5. The fourth-order valence-electron chi connectivity index (χ4n) is 2.78. The minimum Gasteiger partial charge on any atom is -0.392 e. The molecule has 1 saturated heterocycles. The first kappa shape index (κ1) is 15.0. The number of nitrogens with one attached hydrogen (secondary N) is 2. The zero-order valence-electron chi connectivity index (χ0n) is 12.3. The molecule has 1 aliphatic heterocycles. The molecule has 110 valence electrons. The zero-order valence-corrected chi connectivity index (χ0v) is 12.3. The maximum absolute atomic E-state index is 12.5. The quantitative estimate of drug-likeness (QED) is 0.762. The molecule has 0 saturated carbocycles. The normalized spacial score (nSPS) is 22.2. The highest BCUT2D eigenvalue weighted by molar-refractivity contribution is 5.83. The van der Waals surface area contributed by atoms with Crippen molar-refractivity contribution in [3.8, 4) is 0 Å². The van der Waals surface area contributed by atoms with Crippen LogP contribution in [0.25, 0.3) is 0 Å². The lowest BCUT2D eigenvalue weighted by Gasteiger charge is -2.31. The molecule has 4 heteroatoms. The van der Waals surface area contributed by atoms with E-state index in [4.69, 9.17) is 5.11 Å². The molecule has 0 radical (unpaired) electrons. The Hall–Kier alpha value is -1.39. The maximum atomic E-state index is 12.5. The maximum Gasteiger partial charge on any atom is 0.228 e. The van der Waals surface area contributed by atoms with Gasteiger partial charge in [0.05, 0.1) is 12.0 Å². The fourth-order valence-corrected chi connectivity index (χ4v) is 2.78. The van der Waals surface area contributed by atoms with E-state index in [9.17, 15) is 4.79 Å². The van der Waals surface area contributed by atoms with Crippen molar-refractivity contribution in [1.82, 2.24) is 10.6 Å². The summed E-state index contributed by atoms with van der Waals surface area (Å²) < 4.78 is 0.